The zero-order valence-electron chi connectivity index (χ0n) is 15.8. The average molecular weight is 391 g/mol. The molecule has 2 aromatic carbocycles. The SMILES string of the molecule is CC[NH+](CC(=O)Nc1cccc(OC)c1)CC(=O)Nc1ccc(C)cc1Cl. The van der Waals surface area contributed by atoms with E-state index >= 15 is 0 Å². The van der Waals surface area contributed by atoms with Gasteiger partial charge in [0.2, 0.25) is 0 Å². The number of methoxy groups -OCH3 is 1. The summed E-state index contributed by atoms with van der Waals surface area (Å²) in [5, 5.41) is 6.12. The van der Waals surface area contributed by atoms with Gasteiger partial charge in [-0.1, -0.05) is 23.7 Å². The second-order valence-corrected chi connectivity index (χ2v) is 6.68. The highest BCUT2D eigenvalue weighted by atomic mass is 35.5. The van der Waals surface area contributed by atoms with Crippen molar-refractivity contribution < 1.29 is 19.2 Å². The summed E-state index contributed by atoms with van der Waals surface area (Å²) >= 11 is 6.15. The van der Waals surface area contributed by atoms with Crippen LogP contribution in [0.3, 0.4) is 0 Å². The van der Waals surface area contributed by atoms with Gasteiger partial charge in [0, 0.05) is 11.8 Å². The van der Waals surface area contributed by atoms with Crippen LogP contribution >= 0.6 is 11.6 Å². The van der Waals surface area contributed by atoms with Crippen LogP contribution in [-0.2, 0) is 9.59 Å². The number of hydrogen-bond donors (Lipinski definition) is 3. The van der Waals surface area contributed by atoms with Crippen LogP contribution < -0.4 is 20.3 Å². The molecule has 0 heterocycles. The molecule has 0 aromatic heterocycles. The maximum absolute atomic E-state index is 12.3. The van der Waals surface area contributed by atoms with Gasteiger partial charge in [0.05, 0.1) is 24.4 Å². The number of benzene rings is 2. The number of likely N-dealkylation sites (N-methyl/N-ethyl adjacent to an activating group) is 1. The lowest BCUT2D eigenvalue weighted by Gasteiger charge is -2.17. The van der Waals surface area contributed by atoms with E-state index in [0.717, 1.165) is 10.5 Å². The lowest BCUT2D eigenvalue weighted by Crippen LogP contribution is -3.13. The van der Waals surface area contributed by atoms with Crippen molar-refractivity contribution in [3.05, 3.63) is 53.1 Å². The molecule has 1 atom stereocenters. The van der Waals surface area contributed by atoms with Crippen molar-refractivity contribution in [2.75, 3.05) is 37.4 Å². The third-order valence-corrected chi connectivity index (χ3v) is 4.39. The van der Waals surface area contributed by atoms with Crippen LogP contribution in [0.2, 0.25) is 5.02 Å². The molecular weight excluding hydrogens is 366 g/mol. The molecule has 7 heteroatoms. The van der Waals surface area contributed by atoms with E-state index in [1.807, 2.05) is 19.9 Å². The van der Waals surface area contributed by atoms with E-state index in [-0.39, 0.29) is 24.9 Å². The largest absolute Gasteiger partial charge is 0.497 e. The number of carbonyl (C=O) groups excluding carboxylic acids is 2. The first-order valence-electron chi connectivity index (χ1n) is 8.74. The Labute approximate surface area is 164 Å². The highest BCUT2D eigenvalue weighted by molar-refractivity contribution is 6.33. The summed E-state index contributed by atoms with van der Waals surface area (Å²) < 4.78 is 5.14. The normalized spacial score (nSPS) is 11.6. The summed E-state index contributed by atoms with van der Waals surface area (Å²) in [5.74, 6) is 0.315. The summed E-state index contributed by atoms with van der Waals surface area (Å²) in [7, 11) is 1.57. The number of hydrogen-bond acceptors (Lipinski definition) is 3. The standard InChI is InChI=1S/C20H24ClN3O3/c1-4-24(12-19(25)22-15-6-5-7-16(11-15)27-3)13-20(26)23-18-9-8-14(2)10-17(18)21/h5-11H,4,12-13H2,1-3H3,(H,22,25)(H,23,26)/p+1. The van der Waals surface area contributed by atoms with Gasteiger partial charge >= 0.3 is 0 Å². The lowest BCUT2D eigenvalue weighted by molar-refractivity contribution is -0.881. The van der Waals surface area contributed by atoms with Crippen LogP contribution in [0.5, 0.6) is 5.75 Å². The van der Waals surface area contributed by atoms with Crippen molar-refractivity contribution in [2.45, 2.75) is 13.8 Å². The Morgan fingerprint density at radius 1 is 1.07 bits per heavy atom. The summed E-state index contributed by atoms with van der Waals surface area (Å²) in [5.41, 5.74) is 2.25. The Morgan fingerprint density at radius 3 is 2.41 bits per heavy atom. The third kappa shape index (κ3) is 6.58. The first-order chi connectivity index (χ1) is 12.9. The topological polar surface area (TPSA) is 71.9 Å². The lowest BCUT2D eigenvalue weighted by atomic mass is 10.2. The van der Waals surface area contributed by atoms with E-state index < -0.39 is 0 Å². The van der Waals surface area contributed by atoms with Crippen molar-refractivity contribution in [2.24, 2.45) is 0 Å². The molecule has 27 heavy (non-hydrogen) atoms. The predicted molar refractivity (Wildman–Crippen MR) is 108 cm³/mol. The van der Waals surface area contributed by atoms with E-state index in [4.69, 9.17) is 16.3 Å². The highest BCUT2D eigenvalue weighted by Gasteiger charge is 2.17. The van der Waals surface area contributed by atoms with Crippen molar-refractivity contribution in [1.82, 2.24) is 0 Å². The molecule has 0 aliphatic heterocycles. The average Bonchev–Trinajstić information content (AvgIpc) is 2.63. The molecule has 2 aromatic rings. The Bertz CT molecular complexity index is 811. The number of aryl methyl sites for hydroxylation is 1. The second-order valence-electron chi connectivity index (χ2n) is 6.27. The number of rotatable bonds is 8. The minimum Gasteiger partial charge on any atom is -0.497 e. The van der Waals surface area contributed by atoms with Gasteiger partial charge < -0.3 is 20.3 Å². The van der Waals surface area contributed by atoms with Gasteiger partial charge in [0.25, 0.3) is 11.8 Å². The van der Waals surface area contributed by atoms with E-state index in [1.165, 1.54) is 0 Å². The zero-order valence-corrected chi connectivity index (χ0v) is 16.5. The van der Waals surface area contributed by atoms with Gasteiger partial charge in [-0.25, -0.2) is 0 Å². The maximum atomic E-state index is 12.3. The number of halogens is 1. The van der Waals surface area contributed by atoms with Gasteiger partial charge in [-0.15, -0.1) is 0 Å². The summed E-state index contributed by atoms with van der Waals surface area (Å²) in [6.07, 6.45) is 0. The van der Waals surface area contributed by atoms with E-state index in [9.17, 15) is 9.59 Å². The van der Waals surface area contributed by atoms with Gasteiger partial charge in [-0.2, -0.15) is 0 Å². The number of nitrogens with one attached hydrogen (secondary N) is 3. The smallest absolute Gasteiger partial charge is 0.279 e. The number of amides is 2. The van der Waals surface area contributed by atoms with Crippen LogP contribution in [0.1, 0.15) is 12.5 Å². The molecule has 0 aliphatic carbocycles. The number of carbonyl (C=O) groups is 2. The Hall–Kier alpha value is -2.57. The van der Waals surface area contributed by atoms with Gasteiger partial charge in [-0.3, -0.25) is 9.59 Å². The van der Waals surface area contributed by atoms with Crippen LogP contribution in [0.4, 0.5) is 11.4 Å². The molecule has 144 valence electrons. The number of quaternary nitrogens is 1. The molecule has 6 nitrogen and oxygen atoms in total. The minimum atomic E-state index is -0.188. The van der Waals surface area contributed by atoms with Crippen LogP contribution in [0.15, 0.2) is 42.5 Å². The summed E-state index contributed by atoms with van der Waals surface area (Å²) in [6, 6.07) is 12.6. The Balaban J connectivity index is 1.89. The first-order valence-corrected chi connectivity index (χ1v) is 9.12. The highest BCUT2D eigenvalue weighted by Crippen LogP contribution is 2.22. The first kappa shape index (κ1) is 20.7. The Kier molecular flexibility index (Phi) is 7.64. The van der Waals surface area contributed by atoms with E-state index in [1.54, 1.807) is 43.5 Å². The van der Waals surface area contributed by atoms with Crippen molar-refractivity contribution in [1.29, 1.82) is 0 Å². The van der Waals surface area contributed by atoms with Crippen LogP contribution in [0, 0.1) is 6.92 Å². The van der Waals surface area contributed by atoms with E-state index in [2.05, 4.69) is 10.6 Å². The van der Waals surface area contributed by atoms with Crippen molar-refractivity contribution in [3.63, 3.8) is 0 Å². The molecule has 0 radical (unpaired) electrons. The molecule has 0 spiro atoms. The molecule has 1 unspecified atom stereocenters. The third-order valence-electron chi connectivity index (χ3n) is 4.07. The fraction of sp³-hybridized carbons (Fsp3) is 0.300. The van der Waals surface area contributed by atoms with E-state index in [0.29, 0.717) is 28.7 Å². The summed E-state index contributed by atoms with van der Waals surface area (Å²) in [4.78, 5) is 25.4. The van der Waals surface area contributed by atoms with Gasteiger partial charge in [0.15, 0.2) is 13.1 Å². The Morgan fingerprint density at radius 2 is 1.78 bits per heavy atom. The molecular formula is C20H25ClN3O3+. The van der Waals surface area contributed by atoms with Gasteiger partial charge in [0.1, 0.15) is 5.75 Å². The molecule has 0 aliphatic rings. The molecule has 0 saturated heterocycles. The fourth-order valence-corrected chi connectivity index (χ4v) is 2.87. The predicted octanol–water partition coefficient (Wildman–Crippen LogP) is 2.14. The molecule has 2 amide bonds. The quantitative estimate of drug-likeness (QED) is 0.646. The molecule has 3 N–H and O–H groups in total. The molecule has 0 saturated carbocycles. The zero-order chi connectivity index (χ0) is 19.8. The van der Waals surface area contributed by atoms with Crippen LogP contribution in [0.25, 0.3) is 0 Å². The number of anilines is 2. The maximum Gasteiger partial charge on any atom is 0.279 e. The molecule has 2 rings (SSSR count). The van der Waals surface area contributed by atoms with Gasteiger partial charge in [-0.05, 0) is 43.7 Å². The molecule has 0 bridgehead atoms. The summed E-state index contributed by atoms with van der Waals surface area (Å²) in [6.45, 7) is 4.86. The minimum absolute atomic E-state index is 0.165. The van der Waals surface area contributed by atoms with Crippen molar-refractivity contribution in [3.8, 4) is 5.75 Å². The second kappa shape index (κ2) is 9.94. The van der Waals surface area contributed by atoms with Crippen LogP contribution in [-0.4, -0.2) is 38.6 Å². The van der Waals surface area contributed by atoms with Crippen molar-refractivity contribution >= 4 is 34.8 Å². The fourth-order valence-electron chi connectivity index (χ4n) is 2.59. The molecule has 0 fully saturated rings. The number of ether oxygens (including phenoxy) is 1. The monoisotopic (exact) mass is 390 g/mol.